The zero-order chi connectivity index (χ0) is 8.53. The van der Waals surface area contributed by atoms with Gasteiger partial charge >= 0.3 is 0 Å². The van der Waals surface area contributed by atoms with Crippen LogP contribution in [0.1, 0.15) is 33.1 Å². The molecule has 0 aliphatic heterocycles. The molecule has 0 aromatic rings. The Kier molecular flexibility index (Phi) is 6.79. The molecular weight excluding hydrogens is 138 g/mol. The number of nitrogens with zero attached hydrogens (tertiary/aromatic N) is 1. The van der Waals surface area contributed by atoms with Crippen molar-refractivity contribution in [3.63, 3.8) is 0 Å². The molecule has 2 heteroatoms. The van der Waals surface area contributed by atoms with Crippen LogP contribution in [-0.4, -0.2) is 12.8 Å². The zero-order valence-electron chi connectivity index (χ0n) is 7.63. The minimum atomic E-state index is 0.920. The molecule has 0 rings (SSSR count). The van der Waals surface area contributed by atoms with Crippen molar-refractivity contribution in [2.75, 3.05) is 7.11 Å². The Morgan fingerprint density at radius 1 is 1.55 bits per heavy atom. The second-order valence-corrected chi connectivity index (χ2v) is 2.46. The number of hydrogen-bond donors (Lipinski definition) is 0. The van der Waals surface area contributed by atoms with E-state index in [0.29, 0.717) is 0 Å². The van der Waals surface area contributed by atoms with E-state index in [1.165, 1.54) is 12.8 Å². The Labute approximate surface area is 68.9 Å². The zero-order valence-corrected chi connectivity index (χ0v) is 7.63. The lowest BCUT2D eigenvalue weighted by Gasteiger charge is -1.90. The van der Waals surface area contributed by atoms with E-state index in [1.54, 1.807) is 7.11 Å². The van der Waals surface area contributed by atoms with E-state index in [-0.39, 0.29) is 0 Å². The summed E-state index contributed by atoms with van der Waals surface area (Å²) < 4.78 is 0. The average Bonchev–Trinajstić information content (AvgIpc) is 1.99. The minimum Gasteiger partial charge on any atom is -0.399 e. The molecule has 0 heterocycles. The Bertz CT molecular complexity index is 138. The molecule has 0 fully saturated rings. The molecule has 2 nitrogen and oxygen atoms in total. The van der Waals surface area contributed by atoms with Crippen LogP contribution in [0, 0.1) is 0 Å². The summed E-state index contributed by atoms with van der Waals surface area (Å²) in [6.45, 7) is 4.11. The van der Waals surface area contributed by atoms with Gasteiger partial charge in [-0.3, -0.25) is 0 Å². The van der Waals surface area contributed by atoms with Gasteiger partial charge in [-0.25, -0.2) is 0 Å². The van der Waals surface area contributed by atoms with Crippen molar-refractivity contribution in [3.05, 3.63) is 12.2 Å². The van der Waals surface area contributed by atoms with Crippen LogP contribution in [0.15, 0.2) is 17.3 Å². The normalized spacial score (nSPS) is 12.5. The standard InChI is InChI=1S/C9H17NO/c1-4-5-6-7-8-9(2)10-11-3/h7-8H,4-6H2,1-3H3/b8-7+,10-9+. The molecule has 64 valence electrons. The number of allylic oxidation sites excluding steroid dienone is 2. The van der Waals surface area contributed by atoms with Gasteiger partial charge in [0.1, 0.15) is 7.11 Å². The number of oxime groups is 1. The number of rotatable bonds is 5. The van der Waals surface area contributed by atoms with Crippen molar-refractivity contribution in [2.45, 2.75) is 33.1 Å². The first-order chi connectivity index (χ1) is 5.31. The van der Waals surface area contributed by atoms with Gasteiger partial charge in [0.25, 0.3) is 0 Å². The molecule has 0 saturated carbocycles. The summed E-state index contributed by atoms with van der Waals surface area (Å²) in [5, 5.41) is 3.75. The summed E-state index contributed by atoms with van der Waals surface area (Å²) in [4.78, 5) is 4.60. The molecule has 0 amide bonds. The van der Waals surface area contributed by atoms with Crippen LogP contribution in [0.4, 0.5) is 0 Å². The van der Waals surface area contributed by atoms with Crippen LogP contribution < -0.4 is 0 Å². The van der Waals surface area contributed by atoms with Crippen molar-refractivity contribution in [1.82, 2.24) is 0 Å². The summed E-state index contributed by atoms with van der Waals surface area (Å²) in [6, 6.07) is 0. The van der Waals surface area contributed by atoms with Gasteiger partial charge in [0.15, 0.2) is 0 Å². The van der Waals surface area contributed by atoms with Crippen LogP contribution in [0.25, 0.3) is 0 Å². The van der Waals surface area contributed by atoms with Crippen molar-refractivity contribution >= 4 is 5.71 Å². The number of hydrogen-bond acceptors (Lipinski definition) is 2. The first-order valence-electron chi connectivity index (χ1n) is 4.05. The molecule has 0 bridgehead atoms. The largest absolute Gasteiger partial charge is 0.399 e. The van der Waals surface area contributed by atoms with Gasteiger partial charge in [0, 0.05) is 0 Å². The van der Waals surface area contributed by atoms with Crippen molar-refractivity contribution < 1.29 is 4.84 Å². The van der Waals surface area contributed by atoms with Gasteiger partial charge in [0.05, 0.1) is 5.71 Å². The Morgan fingerprint density at radius 2 is 2.27 bits per heavy atom. The summed E-state index contributed by atoms with van der Waals surface area (Å²) in [6.07, 6.45) is 7.73. The van der Waals surface area contributed by atoms with Crippen LogP contribution in [0.2, 0.25) is 0 Å². The predicted molar refractivity (Wildman–Crippen MR) is 48.8 cm³/mol. The summed E-state index contributed by atoms with van der Waals surface area (Å²) in [7, 11) is 1.56. The second-order valence-electron chi connectivity index (χ2n) is 2.46. The second kappa shape index (κ2) is 7.32. The highest BCUT2D eigenvalue weighted by molar-refractivity contribution is 5.92. The molecule has 0 aromatic heterocycles. The van der Waals surface area contributed by atoms with E-state index in [9.17, 15) is 0 Å². The topological polar surface area (TPSA) is 21.6 Å². The highest BCUT2D eigenvalue weighted by Gasteiger charge is 1.82. The molecule has 0 aromatic carbocycles. The monoisotopic (exact) mass is 155 g/mol. The average molecular weight is 155 g/mol. The fourth-order valence-electron chi connectivity index (χ4n) is 0.750. The molecule has 0 saturated heterocycles. The summed E-state index contributed by atoms with van der Waals surface area (Å²) in [5.74, 6) is 0. The molecule has 0 aliphatic carbocycles. The Hall–Kier alpha value is -0.790. The summed E-state index contributed by atoms with van der Waals surface area (Å²) in [5.41, 5.74) is 0.920. The van der Waals surface area contributed by atoms with Crippen molar-refractivity contribution in [3.8, 4) is 0 Å². The first-order valence-corrected chi connectivity index (χ1v) is 4.05. The molecule has 0 N–H and O–H groups in total. The third-order valence-electron chi connectivity index (χ3n) is 1.32. The fraction of sp³-hybridized carbons (Fsp3) is 0.667. The van der Waals surface area contributed by atoms with Crippen LogP contribution >= 0.6 is 0 Å². The van der Waals surface area contributed by atoms with Crippen LogP contribution in [0.5, 0.6) is 0 Å². The molecule has 0 aliphatic rings. The Morgan fingerprint density at radius 3 is 2.82 bits per heavy atom. The smallest absolute Gasteiger partial charge is 0.106 e. The third-order valence-corrected chi connectivity index (χ3v) is 1.32. The van der Waals surface area contributed by atoms with E-state index in [4.69, 9.17) is 0 Å². The summed E-state index contributed by atoms with van der Waals surface area (Å²) >= 11 is 0. The lowest BCUT2D eigenvalue weighted by atomic mass is 10.2. The fourth-order valence-corrected chi connectivity index (χ4v) is 0.750. The van der Waals surface area contributed by atoms with E-state index < -0.39 is 0 Å². The molecule has 0 radical (unpaired) electrons. The highest BCUT2D eigenvalue weighted by atomic mass is 16.6. The quantitative estimate of drug-likeness (QED) is 0.340. The third kappa shape index (κ3) is 7.10. The van der Waals surface area contributed by atoms with Gasteiger partial charge < -0.3 is 4.84 Å². The lowest BCUT2D eigenvalue weighted by Crippen LogP contribution is -1.84. The van der Waals surface area contributed by atoms with Gasteiger partial charge in [-0.05, 0) is 19.4 Å². The van der Waals surface area contributed by atoms with Gasteiger partial charge in [0.2, 0.25) is 0 Å². The molecule has 0 spiro atoms. The van der Waals surface area contributed by atoms with Crippen molar-refractivity contribution in [1.29, 1.82) is 0 Å². The van der Waals surface area contributed by atoms with E-state index in [1.807, 2.05) is 13.0 Å². The SMILES string of the molecule is CCCC/C=C/C(C)=N/OC. The Balaban J connectivity index is 3.48. The maximum absolute atomic E-state index is 4.60. The molecule has 11 heavy (non-hydrogen) atoms. The maximum Gasteiger partial charge on any atom is 0.106 e. The highest BCUT2D eigenvalue weighted by Crippen LogP contribution is 1.95. The predicted octanol–water partition coefficient (Wildman–Crippen LogP) is 2.76. The minimum absolute atomic E-state index is 0.920. The van der Waals surface area contributed by atoms with Gasteiger partial charge in [-0.1, -0.05) is 31.0 Å². The van der Waals surface area contributed by atoms with Gasteiger partial charge in [-0.2, -0.15) is 0 Å². The maximum atomic E-state index is 4.60. The van der Waals surface area contributed by atoms with E-state index in [0.717, 1.165) is 12.1 Å². The molecule has 0 unspecified atom stereocenters. The van der Waals surface area contributed by atoms with E-state index in [2.05, 4.69) is 23.0 Å². The molecule has 0 atom stereocenters. The number of unbranched alkanes of at least 4 members (excludes halogenated alkanes) is 2. The van der Waals surface area contributed by atoms with Gasteiger partial charge in [-0.15, -0.1) is 0 Å². The van der Waals surface area contributed by atoms with Crippen LogP contribution in [-0.2, 0) is 4.84 Å². The van der Waals surface area contributed by atoms with E-state index >= 15 is 0 Å². The van der Waals surface area contributed by atoms with Crippen LogP contribution in [0.3, 0.4) is 0 Å². The van der Waals surface area contributed by atoms with Crippen molar-refractivity contribution in [2.24, 2.45) is 5.16 Å². The first kappa shape index (κ1) is 10.2. The lowest BCUT2D eigenvalue weighted by molar-refractivity contribution is 0.213. The molecular formula is C9H17NO.